The molecule has 2 atom stereocenters. The van der Waals surface area contributed by atoms with Gasteiger partial charge < -0.3 is 29.4 Å². The molecule has 4 rings (SSSR count). The van der Waals surface area contributed by atoms with E-state index in [0.717, 1.165) is 22.4 Å². The van der Waals surface area contributed by atoms with Crippen LogP contribution in [0.3, 0.4) is 0 Å². The van der Waals surface area contributed by atoms with Crippen molar-refractivity contribution in [3.63, 3.8) is 0 Å². The number of amides is 1. The predicted octanol–water partition coefficient (Wildman–Crippen LogP) is 6.80. The third kappa shape index (κ3) is 9.32. The van der Waals surface area contributed by atoms with Gasteiger partial charge in [-0.2, -0.15) is 13.2 Å². The van der Waals surface area contributed by atoms with Crippen molar-refractivity contribution in [1.29, 1.82) is 0 Å². The summed E-state index contributed by atoms with van der Waals surface area (Å²) in [5.74, 6) is 4.38. The number of rotatable bonds is 9. The molecule has 1 amide bonds. The van der Waals surface area contributed by atoms with Gasteiger partial charge in [-0.05, 0) is 95.4 Å². The molecule has 1 saturated heterocycles. The number of piperidine rings is 1. The van der Waals surface area contributed by atoms with E-state index in [4.69, 9.17) is 9.47 Å². The monoisotopic (exact) mass is 660 g/mol. The molecule has 0 unspecified atom stereocenters. The van der Waals surface area contributed by atoms with Crippen molar-refractivity contribution in [2.45, 2.75) is 58.1 Å². The van der Waals surface area contributed by atoms with Gasteiger partial charge in [-0.25, -0.2) is 14.0 Å². The molecule has 2 aromatic carbocycles. The Morgan fingerprint density at radius 2 is 1.89 bits per heavy atom. The van der Waals surface area contributed by atoms with Crippen LogP contribution in [-0.2, 0) is 11.3 Å². The molecular weight excluding hydrogens is 620 g/mol. The maximum atomic E-state index is 14.5. The Bertz CT molecular complexity index is 1650. The Morgan fingerprint density at radius 3 is 2.53 bits per heavy atom. The molecule has 2 N–H and O–H groups in total. The van der Waals surface area contributed by atoms with Gasteiger partial charge in [0.2, 0.25) is 0 Å². The minimum Gasteiger partial charge on any atom is -0.495 e. The van der Waals surface area contributed by atoms with E-state index in [-0.39, 0.29) is 35.2 Å². The molecule has 0 bridgehead atoms. The van der Waals surface area contributed by atoms with Crippen LogP contribution in [0.5, 0.6) is 5.75 Å². The van der Waals surface area contributed by atoms with Crippen LogP contribution in [0.25, 0.3) is 10.9 Å². The largest absolute Gasteiger partial charge is 0.495 e. The highest BCUT2D eigenvalue weighted by atomic mass is 19.4. The number of alkyl halides is 4. The van der Waals surface area contributed by atoms with Gasteiger partial charge in [-0.15, -0.1) is 0 Å². The Hall–Kier alpha value is -4.44. The second-order valence-electron chi connectivity index (χ2n) is 12.6. The summed E-state index contributed by atoms with van der Waals surface area (Å²) < 4.78 is 67.8. The molecule has 1 aromatic heterocycles. The molecule has 254 valence electrons. The lowest BCUT2D eigenvalue weighted by Crippen LogP contribution is -2.39. The average Bonchev–Trinajstić information content (AvgIpc) is 3.31. The summed E-state index contributed by atoms with van der Waals surface area (Å²) in [7, 11) is 3.20. The SMILES string of the molecule is COc1cc(C(=O)O)ccc1N(CC#Cc1cc2c(NCC[C@@H]3CCN(C)C[C@@H]3F)cccc2n1CC(F)(F)F)C(=O)OC(C)(C)C. The number of fused-ring (bicyclic) bond motifs is 1. The lowest BCUT2D eigenvalue weighted by molar-refractivity contribution is -0.140. The molecule has 0 radical (unpaired) electrons. The number of carbonyl (C=O) groups excluding carboxylic acids is 1. The highest BCUT2D eigenvalue weighted by molar-refractivity contribution is 5.95. The molecule has 1 aliphatic heterocycles. The lowest BCUT2D eigenvalue weighted by Gasteiger charge is -2.32. The summed E-state index contributed by atoms with van der Waals surface area (Å²) >= 11 is 0. The van der Waals surface area contributed by atoms with Crippen LogP contribution >= 0.6 is 0 Å². The molecule has 47 heavy (non-hydrogen) atoms. The number of carboxylic acids is 1. The van der Waals surface area contributed by atoms with E-state index in [1.807, 2.05) is 11.9 Å². The number of likely N-dealkylation sites (tertiary alicyclic amines) is 1. The Labute approximate surface area is 271 Å². The maximum Gasteiger partial charge on any atom is 0.415 e. The van der Waals surface area contributed by atoms with Crippen molar-refractivity contribution in [3.8, 4) is 17.6 Å². The molecule has 1 fully saturated rings. The quantitative estimate of drug-likeness (QED) is 0.193. The second-order valence-corrected chi connectivity index (χ2v) is 12.6. The average molecular weight is 661 g/mol. The van der Waals surface area contributed by atoms with Crippen LogP contribution in [-0.4, -0.2) is 84.9 Å². The minimum absolute atomic E-state index is 0.0683. The zero-order valence-electron chi connectivity index (χ0n) is 27.1. The molecule has 0 saturated carbocycles. The fourth-order valence-electron chi connectivity index (χ4n) is 5.52. The first-order chi connectivity index (χ1) is 22.1. The number of carboxylic acid groups (broad SMARTS) is 1. The van der Waals surface area contributed by atoms with Gasteiger partial charge in [-0.1, -0.05) is 12.0 Å². The van der Waals surface area contributed by atoms with E-state index in [1.54, 1.807) is 45.0 Å². The molecule has 0 spiro atoms. The molecule has 1 aliphatic rings. The maximum absolute atomic E-state index is 14.5. The fourth-order valence-corrected chi connectivity index (χ4v) is 5.52. The number of halogens is 4. The number of aromatic nitrogens is 1. The molecular formula is C34H40F4N4O5. The van der Waals surface area contributed by atoms with Crippen LogP contribution in [0.4, 0.5) is 33.7 Å². The highest BCUT2D eigenvalue weighted by Crippen LogP contribution is 2.32. The van der Waals surface area contributed by atoms with Crippen molar-refractivity contribution in [2.24, 2.45) is 5.92 Å². The number of methoxy groups -OCH3 is 1. The molecule has 3 aromatic rings. The van der Waals surface area contributed by atoms with E-state index in [9.17, 15) is 32.3 Å². The van der Waals surface area contributed by atoms with Crippen molar-refractivity contribution >= 4 is 34.3 Å². The van der Waals surface area contributed by atoms with Gasteiger partial charge in [-0.3, -0.25) is 4.90 Å². The summed E-state index contributed by atoms with van der Waals surface area (Å²) in [4.78, 5) is 27.8. The van der Waals surface area contributed by atoms with Crippen LogP contribution in [0.15, 0.2) is 42.5 Å². The summed E-state index contributed by atoms with van der Waals surface area (Å²) in [5, 5.41) is 13.2. The van der Waals surface area contributed by atoms with Gasteiger partial charge in [0.15, 0.2) is 0 Å². The number of carbonyl (C=O) groups is 2. The summed E-state index contributed by atoms with van der Waals surface area (Å²) in [6, 6.07) is 10.5. The summed E-state index contributed by atoms with van der Waals surface area (Å²) in [5.41, 5.74) is 0.199. The van der Waals surface area contributed by atoms with E-state index in [1.165, 1.54) is 25.3 Å². The van der Waals surface area contributed by atoms with Gasteiger partial charge in [0.25, 0.3) is 0 Å². The Morgan fingerprint density at radius 1 is 1.15 bits per heavy atom. The van der Waals surface area contributed by atoms with E-state index >= 15 is 0 Å². The number of aromatic carboxylic acids is 1. The van der Waals surface area contributed by atoms with Crippen molar-refractivity contribution in [1.82, 2.24) is 9.47 Å². The first kappa shape index (κ1) is 35.4. The number of anilines is 2. The lowest BCUT2D eigenvalue weighted by atomic mass is 9.92. The van der Waals surface area contributed by atoms with Crippen LogP contribution in [0.2, 0.25) is 0 Å². The minimum atomic E-state index is -4.54. The molecule has 13 heteroatoms. The van der Waals surface area contributed by atoms with Gasteiger partial charge in [0, 0.05) is 24.2 Å². The summed E-state index contributed by atoms with van der Waals surface area (Å²) in [6.45, 7) is 5.07. The Balaban J connectivity index is 1.66. The fraction of sp³-hybridized carbons (Fsp3) is 0.471. The van der Waals surface area contributed by atoms with E-state index < -0.39 is 36.6 Å². The number of ether oxygens (including phenoxy) is 2. The van der Waals surface area contributed by atoms with E-state index in [2.05, 4.69) is 17.2 Å². The molecule has 2 heterocycles. The molecule has 9 nitrogen and oxygen atoms in total. The van der Waals surface area contributed by atoms with Gasteiger partial charge >= 0.3 is 18.2 Å². The topological polar surface area (TPSA) is 96.3 Å². The smallest absolute Gasteiger partial charge is 0.415 e. The predicted molar refractivity (Wildman–Crippen MR) is 172 cm³/mol. The second kappa shape index (κ2) is 14.5. The third-order valence-electron chi connectivity index (χ3n) is 7.78. The van der Waals surface area contributed by atoms with Crippen molar-refractivity contribution < 1.29 is 41.7 Å². The standard InChI is InChI=1S/C34H40F4N4O5/c1-33(2,3)47-32(45)41(29-12-11-23(31(43)44)18-30(29)46-5)16-7-8-24-19-25-27(9-6-10-28(25)42(24)21-34(36,37)38)39-15-13-22-14-17-40(4)20-26(22)35/h6,9-12,18-19,22,26,39H,13-17,20-21H2,1-5H3,(H,43,44)/t22-,26+/m1/s1. The highest BCUT2D eigenvalue weighted by Gasteiger charge is 2.31. The number of benzene rings is 2. The Kier molecular flexibility index (Phi) is 11.0. The zero-order chi connectivity index (χ0) is 34.5. The number of nitrogens with one attached hydrogen (secondary N) is 1. The summed E-state index contributed by atoms with van der Waals surface area (Å²) in [6.07, 6.45) is -4.97. The van der Waals surface area contributed by atoms with Crippen LogP contribution < -0.4 is 15.0 Å². The first-order valence-electron chi connectivity index (χ1n) is 15.2. The zero-order valence-corrected chi connectivity index (χ0v) is 27.1. The third-order valence-corrected chi connectivity index (χ3v) is 7.78. The first-order valence-corrected chi connectivity index (χ1v) is 15.2. The van der Waals surface area contributed by atoms with Gasteiger partial charge in [0.1, 0.15) is 24.1 Å². The van der Waals surface area contributed by atoms with Gasteiger partial charge in [0.05, 0.1) is 36.1 Å². The number of hydrogen-bond acceptors (Lipinski definition) is 6. The van der Waals surface area contributed by atoms with Crippen molar-refractivity contribution in [3.05, 3.63) is 53.7 Å². The van der Waals surface area contributed by atoms with Crippen LogP contribution in [0.1, 0.15) is 49.7 Å². The number of hydrogen-bond donors (Lipinski definition) is 2. The van der Waals surface area contributed by atoms with Crippen LogP contribution in [0, 0.1) is 17.8 Å². The molecule has 0 aliphatic carbocycles. The normalized spacial score (nSPS) is 17.1. The number of nitrogens with zero attached hydrogens (tertiary/aromatic N) is 3. The van der Waals surface area contributed by atoms with E-state index in [0.29, 0.717) is 36.1 Å². The van der Waals surface area contributed by atoms with Crippen molar-refractivity contribution in [2.75, 3.05) is 50.6 Å².